The zero-order valence-corrected chi connectivity index (χ0v) is 26.4. The van der Waals surface area contributed by atoms with E-state index in [1.165, 1.54) is 12.8 Å². The second-order valence-corrected chi connectivity index (χ2v) is 13.3. The lowest BCUT2D eigenvalue weighted by Crippen LogP contribution is -2.52. The van der Waals surface area contributed by atoms with Gasteiger partial charge in [-0.3, -0.25) is 4.79 Å². The zero-order valence-electron chi connectivity index (χ0n) is 26.4. The van der Waals surface area contributed by atoms with Gasteiger partial charge in [-0.25, -0.2) is 9.59 Å². The molecule has 10 heteroatoms. The summed E-state index contributed by atoms with van der Waals surface area (Å²) < 4.78 is 5.99. The van der Waals surface area contributed by atoms with E-state index in [1.54, 1.807) is 29.2 Å². The van der Waals surface area contributed by atoms with Crippen molar-refractivity contribution < 1.29 is 24.2 Å². The number of urea groups is 1. The molecule has 3 saturated heterocycles. The Bertz CT molecular complexity index is 1330. The second-order valence-electron chi connectivity index (χ2n) is 13.3. The number of nitrogens with one attached hydrogen (secondary N) is 1. The summed E-state index contributed by atoms with van der Waals surface area (Å²) >= 11 is 0. The highest BCUT2D eigenvalue weighted by Gasteiger charge is 2.36. The number of anilines is 1. The number of phenols is 1. The van der Waals surface area contributed by atoms with Crippen molar-refractivity contribution in [3.05, 3.63) is 59.7 Å². The van der Waals surface area contributed by atoms with Crippen molar-refractivity contribution in [2.45, 2.75) is 63.5 Å². The minimum absolute atomic E-state index is 0.0312. The Morgan fingerprint density at radius 1 is 0.844 bits per heavy atom. The Hall–Kier alpha value is -3.79. The molecular weight excluding hydrogens is 570 g/mol. The van der Waals surface area contributed by atoms with Crippen LogP contribution in [0.1, 0.15) is 49.7 Å². The molecule has 4 aliphatic heterocycles. The zero-order chi connectivity index (χ0) is 31.3. The highest BCUT2D eigenvalue weighted by atomic mass is 16.6. The minimum atomic E-state index is -0.936. The number of amides is 4. The van der Waals surface area contributed by atoms with E-state index in [0.717, 1.165) is 55.1 Å². The molecule has 0 aromatic heterocycles. The predicted octanol–water partition coefficient (Wildman–Crippen LogP) is 4.57. The normalized spacial score (nSPS) is 21.5. The van der Waals surface area contributed by atoms with Crippen LogP contribution >= 0.6 is 0 Å². The van der Waals surface area contributed by atoms with Crippen LogP contribution in [0.3, 0.4) is 0 Å². The summed E-state index contributed by atoms with van der Waals surface area (Å²) in [7, 11) is 2.18. The van der Waals surface area contributed by atoms with Crippen LogP contribution in [0.2, 0.25) is 0 Å². The molecule has 0 bridgehead atoms. The first kappa shape index (κ1) is 31.2. The minimum Gasteiger partial charge on any atom is -0.508 e. The molecule has 10 nitrogen and oxygen atoms in total. The molecule has 0 unspecified atom stereocenters. The van der Waals surface area contributed by atoms with Crippen molar-refractivity contribution in [2.75, 3.05) is 58.2 Å². The first-order chi connectivity index (χ1) is 21.8. The summed E-state index contributed by atoms with van der Waals surface area (Å²) in [6.07, 6.45) is 5.35. The molecule has 2 N–H and O–H groups in total. The molecule has 6 rings (SSSR count). The number of phenolic OH excluding ortho intramolecular Hbond substituents is 1. The summed E-state index contributed by atoms with van der Waals surface area (Å²) in [5, 5.41) is 12.8. The van der Waals surface area contributed by atoms with Gasteiger partial charge in [0.05, 0.1) is 0 Å². The van der Waals surface area contributed by atoms with Crippen molar-refractivity contribution in [1.82, 2.24) is 19.6 Å². The maximum atomic E-state index is 13.9. The van der Waals surface area contributed by atoms with Gasteiger partial charge >= 0.3 is 12.1 Å². The van der Waals surface area contributed by atoms with Crippen molar-refractivity contribution in [1.29, 1.82) is 0 Å². The molecule has 0 saturated carbocycles. The third-order valence-electron chi connectivity index (χ3n) is 10.5. The van der Waals surface area contributed by atoms with Gasteiger partial charge in [-0.1, -0.05) is 30.3 Å². The molecule has 1 atom stereocenters. The summed E-state index contributed by atoms with van der Waals surface area (Å²) in [4.78, 5) is 48.2. The van der Waals surface area contributed by atoms with Crippen LogP contribution in [-0.2, 0) is 22.4 Å². The molecule has 4 heterocycles. The topological polar surface area (TPSA) is 106 Å². The molecule has 2 aromatic rings. The number of piperidine rings is 3. The van der Waals surface area contributed by atoms with Crippen molar-refractivity contribution >= 4 is 23.7 Å². The predicted molar refractivity (Wildman–Crippen MR) is 172 cm³/mol. The first-order valence-corrected chi connectivity index (χ1v) is 16.7. The fourth-order valence-electron chi connectivity index (χ4n) is 7.61. The molecule has 0 aliphatic carbocycles. The maximum Gasteiger partial charge on any atom is 0.410 e. The molecule has 2 aromatic carbocycles. The van der Waals surface area contributed by atoms with Crippen molar-refractivity contribution in [3.8, 4) is 5.75 Å². The fourth-order valence-corrected chi connectivity index (χ4v) is 7.61. The summed E-state index contributed by atoms with van der Waals surface area (Å²) in [5.41, 5.74) is 2.82. The van der Waals surface area contributed by atoms with Crippen LogP contribution < -0.4 is 5.32 Å². The van der Waals surface area contributed by atoms with Gasteiger partial charge in [0.2, 0.25) is 0 Å². The van der Waals surface area contributed by atoms with E-state index < -0.39 is 12.2 Å². The van der Waals surface area contributed by atoms with Crippen LogP contribution in [0.4, 0.5) is 15.3 Å². The second kappa shape index (κ2) is 14.1. The van der Waals surface area contributed by atoms with Crippen LogP contribution in [0.5, 0.6) is 5.75 Å². The molecule has 0 radical (unpaired) electrons. The first-order valence-electron chi connectivity index (χ1n) is 16.7. The number of rotatable bonds is 6. The van der Waals surface area contributed by atoms with Gasteiger partial charge in [-0.15, -0.1) is 0 Å². The summed E-state index contributed by atoms with van der Waals surface area (Å²) in [5.74, 6) is 1.37. The number of hydrogen-bond donors (Lipinski definition) is 2. The summed E-state index contributed by atoms with van der Waals surface area (Å²) in [6.45, 7) is 5.22. The van der Waals surface area contributed by atoms with E-state index in [-0.39, 0.29) is 30.2 Å². The number of benzene rings is 2. The SMILES string of the molecule is CN1CCC(C2CCN(C(=O)[C@@H](Cc3ccc(O)cc3)OC(=O)N3CCC(N4CCc5ccccc5NC4=O)CC3)CC2)CC1. The van der Waals surface area contributed by atoms with Crippen molar-refractivity contribution in [3.63, 3.8) is 0 Å². The van der Waals surface area contributed by atoms with Gasteiger partial charge in [0, 0.05) is 50.9 Å². The molecule has 3 fully saturated rings. The average molecular weight is 618 g/mol. The van der Waals surface area contributed by atoms with E-state index in [9.17, 15) is 19.5 Å². The largest absolute Gasteiger partial charge is 0.508 e. The number of aromatic hydroxyl groups is 1. The number of hydrogen-bond acceptors (Lipinski definition) is 6. The Labute approximate surface area is 266 Å². The van der Waals surface area contributed by atoms with E-state index in [2.05, 4.69) is 17.3 Å². The van der Waals surface area contributed by atoms with Crippen LogP contribution in [0.25, 0.3) is 0 Å². The number of nitrogens with zero attached hydrogens (tertiary/aromatic N) is 4. The third kappa shape index (κ3) is 7.54. The smallest absolute Gasteiger partial charge is 0.410 e. The number of ether oxygens (including phenoxy) is 1. The fraction of sp³-hybridized carbons (Fsp3) is 0.571. The lowest BCUT2D eigenvalue weighted by atomic mass is 9.79. The van der Waals surface area contributed by atoms with Crippen LogP contribution in [0.15, 0.2) is 48.5 Å². The van der Waals surface area contributed by atoms with E-state index in [0.29, 0.717) is 51.5 Å². The van der Waals surface area contributed by atoms with Gasteiger partial charge in [0.1, 0.15) is 5.75 Å². The lowest BCUT2D eigenvalue weighted by Gasteiger charge is -2.40. The average Bonchev–Trinajstić information content (AvgIpc) is 3.23. The highest BCUT2D eigenvalue weighted by molar-refractivity contribution is 5.91. The molecule has 0 spiro atoms. The quantitative estimate of drug-likeness (QED) is 0.492. The standard InChI is InChI=1S/C35H47N5O5/c1-37-17-10-26(11-18-37)27-12-19-38(20-13-27)33(42)32(24-25-6-8-30(41)9-7-25)45-35(44)39-21-15-29(16-22-39)40-23-14-28-4-2-3-5-31(28)36-34(40)43/h2-9,26-27,29,32,41H,10-24H2,1H3,(H,36,43)/t32-/m1/s1. The van der Waals surface area contributed by atoms with Gasteiger partial charge < -0.3 is 34.8 Å². The Morgan fingerprint density at radius 2 is 1.47 bits per heavy atom. The van der Waals surface area contributed by atoms with E-state index in [1.807, 2.05) is 34.1 Å². The Balaban J connectivity index is 1.05. The molecule has 4 aliphatic rings. The lowest BCUT2D eigenvalue weighted by molar-refractivity contribution is -0.142. The molecule has 4 amide bonds. The number of carbonyl (C=O) groups is 3. The molecular formula is C35H47N5O5. The number of para-hydroxylation sites is 1. The van der Waals surface area contributed by atoms with Crippen molar-refractivity contribution in [2.24, 2.45) is 11.8 Å². The Morgan fingerprint density at radius 3 is 2.16 bits per heavy atom. The maximum absolute atomic E-state index is 13.9. The Kier molecular flexibility index (Phi) is 9.78. The number of carbonyl (C=O) groups excluding carboxylic acids is 3. The van der Waals surface area contributed by atoms with Crippen LogP contribution in [-0.4, -0.2) is 108 Å². The number of likely N-dealkylation sites (tertiary alicyclic amines) is 3. The van der Waals surface area contributed by atoms with Gasteiger partial charge in [-0.2, -0.15) is 0 Å². The summed E-state index contributed by atoms with van der Waals surface area (Å²) in [6, 6.07) is 14.6. The molecule has 242 valence electrons. The monoisotopic (exact) mass is 617 g/mol. The van der Waals surface area contributed by atoms with Crippen LogP contribution in [0, 0.1) is 11.8 Å². The highest BCUT2D eigenvalue weighted by Crippen LogP contribution is 2.33. The molecule has 45 heavy (non-hydrogen) atoms. The third-order valence-corrected chi connectivity index (χ3v) is 10.5. The van der Waals surface area contributed by atoms with E-state index >= 15 is 0 Å². The number of fused-ring (bicyclic) bond motifs is 1. The van der Waals surface area contributed by atoms with Gasteiger partial charge in [0.25, 0.3) is 5.91 Å². The van der Waals surface area contributed by atoms with Gasteiger partial charge in [0.15, 0.2) is 6.10 Å². The van der Waals surface area contributed by atoms with E-state index in [4.69, 9.17) is 4.74 Å². The van der Waals surface area contributed by atoms with Gasteiger partial charge in [-0.05, 0) is 106 Å².